The minimum atomic E-state index is 0.745. The molecule has 0 unspecified atom stereocenters. The lowest BCUT2D eigenvalue weighted by molar-refractivity contribution is 1.13. The van der Waals surface area contributed by atoms with Crippen LogP contribution in [0.5, 0.6) is 0 Å². The van der Waals surface area contributed by atoms with Crippen molar-refractivity contribution >= 4 is 11.4 Å². The van der Waals surface area contributed by atoms with Crippen molar-refractivity contribution in [3.8, 4) is 22.6 Å². The molecule has 3 aromatic rings. The Kier molecular flexibility index (Phi) is 4.47. The fraction of sp³-hybridized carbons (Fsp3) is 0.200. The Bertz CT molecular complexity index is 739. The minimum Gasteiger partial charge on any atom is -0.378 e. The van der Waals surface area contributed by atoms with Crippen LogP contribution in [0.2, 0.25) is 0 Å². The zero-order valence-corrected chi connectivity index (χ0v) is 14.6. The molecule has 0 fully saturated rings. The van der Waals surface area contributed by atoms with Crippen LogP contribution in [0.25, 0.3) is 22.6 Å². The largest absolute Gasteiger partial charge is 0.378 e. The van der Waals surface area contributed by atoms with Gasteiger partial charge in [-0.25, -0.2) is 9.97 Å². The first kappa shape index (κ1) is 16.0. The molecule has 0 spiro atoms. The van der Waals surface area contributed by atoms with Gasteiger partial charge < -0.3 is 9.80 Å². The van der Waals surface area contributed by atoms with Gasteiger partial charge in [-0.15, -0.1) is 0 Å². The van der Waals surface area contributed by atoms with E-state index in [-0.39, 0.29) is 0 Å². The monoisotopic (exact) mass is 318 g/mol. The van der Waals surface area contributed by atoms with Crippen LogP contribution in [0.15, 0.2) is 60.8 Å². The van der Waals surface area contributed by atoms with Gasteiger partial charge in [0.25, 0.3) is 0 Å². The normalized spacial score (nSPS) is 10.5. The number of aromatic nitrogens is 2. The van der Waals surface area contributed by atoms with Crippen LogP contribution in [0.4, 0.5) is 11.4 Å². The topological polar surface area (TPSA) is 32.3 Å². The lowest BCUT2D eigenvalue weighted by Gasteiger charge is -2.13. The van der Waals surface area contributed by atoms with Crippen molar-refractivity contribution in [2.45, 2.75) is 0 Å². The van der Waals surface area contributed by atoms with E-state index < -0.39 is 0 Å². The van der Waals surface area contributed by atoms with Crippen molar-refractivity contribution in [3.05, 3.63) is 60.8 Å². The lowest BCUT2D eigenvalue weighted by Crippen LogP contribution is -2.08. The molecule has 0 amide bonds. The number of hydrogen-bond acceptors (Lipinski definition) is 4. The first-order chi connectivity index (χ1) is 11.5. The van der Waals surface area contributed by atoms with Crippen molar-refractivity contribution in [1.82, 2.24) is 9.97 Å². The Morgan fingerprint density at radius 1 is 0.625 bits per heavy atom. The maximum atomic E-state index is 4.72. The Balaban J connectivity index is 1.91. The fourth-order valence-corrected chi connectivity index (χ4v) is 2.50. The van der Waals surface area contributed by atoms with E-state index in [1.807, 2.05) is 40.5 Å². The quantitative estimate of drug-likeness (QED) is 0.729. The van der Waals surface area contributed by atoms with Crippen molar-refractivity contribution in [2.24, 2.45) is 0 Å². The third-order valence-electron chi connectivity index (χ3n) is 3.98. The summed E-state index contributed by atoms with van der Waals surface area (Å²) in [6.07, 6.45) is 1.82. The first-order valence-electron chi connectivity index (χ1n) is 7.93. The predicted octanol–water partition coefficient (Wildman–Crippen LogP) is 3.94. The summed E-state index contributed by atoms with van der Waals surface area (Å²) in [5.74, 6) is 0.745. The Morgan fingerprint density at radius 3 is 1.62 bits per heavy atom. The van der Waals surface area contributed by atoms with Crippen molar-refractivity contribution < 1.29 is 0 Å². The Hall–Kier alpha value is -2.88. The van der Waals surface area contributed by atoms with Gasteiger partial charge in [0.2, 0.25) is 0 Å². The number of hydrogen-bond donors (Lipinski definition) is 0. The molecular weight excluding hydrogens is 296 g/mol. The van der Waals surface area contributed by atoms with Crippen LogP contribution >= 0.6 is 0 Å². The molecular formula is C20H22N4. The summed E-state index contributed by atoms with van der Waals surface area (Å²) >= 11 is 0. The molecule has 0 aliphatic heterocycles. The maximum absolute atomic E-state index is 4.72. The smallest absolute Gasteiger partial charge is 0.159 e. The third-order valence-corrected chi connectivity index (χ3v) is 3.98. The number of anilines is 2. The second-order valence-electron chi connectivity index (χ2n) is 6.15. The zero-order chi connectivity index (χ0) is 17.1. The number of rotatable bonds is 4. The Labute approximate surface area is 143 Å². The maximum Gasteiger partial charge on any atom is 0.159 e. The third kappa shape index (κ3) is 3.38. The SMILES string of the molecule is CN(C)c1ccc(-c2ccnc(-c3ccc(N(C)C)cc3)n2)cc1. The van der Waals surface area contributed by atoms with Gasteiger partial charge in [-0.3, -0.25) is 0 Å². The van der Waals surface area contributed by atoms with E-state index in [1.54, 1.807) is 0 Å². The molecule has 2 aromatic carbocycles. The standard InChI is InChI=1S/C20H22N4/c1-23(2)17-9-5-15(6-10-17)19-13-14-21-20(22-19)16-7-11-18(12-8-16)24(3)4/h5-14H,1-4H3. The average Bonchev–Trinajstić information content (AvgIpc) is 2.62. The van der Waals surface area contributed by atoms with E-state index in [9.17, 15) is 0 Å². The van der Waals surface area contributed by atoms with Crippen LogP contribution in [-0.2, 0) is 0 Å². The molecule has 122 valence electrons. The predicted molar refractivity (Wildman–Crippen MR) is 102 cm³/mol. The molecule has 0 radical (unpaired) electrons. The lowest BCUT2D eigenvalue weighted by atomic mass is 10.1. The average molecular weight is 318 g/mol. The molecule has 1 heterocycles. The van der Waals surface area contributed by atoms with E-state index in [1.165, 1.54) is 5.69 Å². The fourth-order valence-electron chi connectivity index (χ4n) is 2.50. The highest BCUT2D eigenvalue weighted by molar-refractivity contribution is 5.66. The summed E-state index contributed by atoms with van der Waals surface area (Å²) in [7, 11) is 8.14. The van der Waals surface area contributed by atoms with E-state index in [0.717, 1.165) is 28.3 Å². The van der Waals surface area contributed by atoms with Crippen LogP contribution in [0.3, 0.4) is 0 Å². The van der Waals surface area contributed by atoms with E-state index in [0.29, 0.717) is 0 Å². The van der Waals surface area contributed by atoms with Gasteiger partial charge in [0.05, 0.1) is 5.69 Å². The van der Waals surface area contributed by atoms with Crippen molar-refractivity contribution in [1.29, 1.82) is 0 Å². The van der Waals surface area contributed by atoms with Gasteiger partial charge in [0.1, 0.15) is 0 Å². The molecule has 3 rings (SSSR count). The first-order valence-corrected chi connectivity index (χ1v) is 7.93. The van der Waals surface area contributed by atoms with E-state index in [2.05, 4.69) is 63.3 Å². The van der Waals surface area contributed by atoms with Gasteiger partial charge >= 0.3 is 0 Å². The summed E-state index contributed by atoms with van der Waals surface area (Å²) in [5.41, 5.74) is 5.38. The molecule has 24 heavy (non-hydrogen) atoms. The second-order valence-corrected chi connectivity index (χ2v) is 6.15. The zero-order valence-electron chi connectivity index (χ0n) is 14.6. The molecule has 0 atom stereocenters. The highest BCUT2D eigenvalue weighted by Crippen LogP contribution is 2.24. The molecule has 0 aliphatic carbocycles. The highest BCUT2D eigenvalue weighted by Gasteiger charge is 2.06. The van der Waals surface area contributed by atoms with Gasteiger partial charge in [-0.2, -0.15) is 0 Å². The van der Waals surface area contributed by atoms with Crippen LogP contribution in [0.1, 0.15) is 0 Å². The van der Waals surface area contributed by atoms with E-state index >= 15 is 0 Å². The summed E-state index contributed by atoms with van der Waals surface area (Å²) < 4.78 is 0. The molecule has 0 N–H and O–H groups in total. The molecule has 0 bridgehead atoms. The van der Waals surface area contributed by atoms with Crippen molar-refractivity contribution in [2.75, 3.05) is 38.0 Å². The minimum absolute atomic E-state index is 0.745. The molecule has 0 saturated carbocycles. The van der Waals surface area contributed by atoms with E-state index in [4.69, 9.17) is 4.98 Å². The molecule has 1 aromatic heterocycles. The molecule has 0 saturated heterocycles. The van der Waals surface area contributed by atoms with Crippen molar-refractivity contribution in [3.63, 3.8) is 0 Å². The molecule has 0 aliphatic rings. The van der Waals surface area contributed by atoms with Gasteiger partial charge in [-0.1, -0.05) is 12.1 Å². The van der Waals surface area contributed by atoms with Crippen LogP contribution in [0, 0.1) is 0 Å². The second kappa shape index (κ2) is 6.71. The number of nitrogens with zero attached hydrogens (tertiary/aromatic N) is 4. The summed E-state index contributed by atoms with van der Waals surface area (Å²) in [4.78, 5) is 13.3. The van der Waals surface area contributed by atoms with Crippen LogP contribution < -0.4 is 9.80 Å². The summed E-state index contributed by atoms with van der Waals surface area (Å²) in [6, 6.07) is 18.6. The summed E-state index contributed by atoms with van der Waals surface area (Å²) in [6.45, 7) is 0. The Morgan fingerprint density at radius 2 is 1.12 bits per heavy atom. The highest BCUT2D eigenvalue weighted by atomic mass is 15.1. The summed E-state index contributed by atoms with van der Waals surface area (Å²) in [5, 5.41) is 0. The molecule has 4 heteroatoms. The molecule has 4 nitrogen and oxygen atoms in total. The van der Waals surface area contributed by atoms with Gasteiger partial charge in [-0.05, 0) is 42.5 Å². The van der Waals surface area contributed by atoms with Gasteiger partial charge in [0, 0.05) is 56.9 Å². The number of benzene rings is 2. The van der Waals surface area contributed by atoms with Gasteiger partial charge in [0.15, 0.2) is 5.82 Å². The van der Waals surface area contributed by atoms with Crippen LogP contribution in [-0.4, -0.2) is 38.2 Å².